The van der Waals surface area contributed by atoms with Gasteiger partial charge in [0.25, 0.3) is 0 Å². The van der Waals surface area contributed by atoms with Crippen molar-refractivity contribution in [3.8, 4) is 0 Å². The number of unbranched alkanes of at least 4 members (excludes halogenated alkanes) is 2. The smallest absolute Gasteiger partial charge is 0.0959 e. The number of hydrogen-bond acceptors (Lipinski definition) is 0. The van der Waals surface area contributed by atoms with Crippen molar-refractivity contribution < 1.29 is 0 Å². The maximum atomic E-state index is 3.80. The second-order valence-corrected chi connectivity index (χ2v) is 2.24. The monoisotopic (exact) mass is 111 g/mol. The van der Waals surface area contributed by atoms with Gasteiger partial charge in [-0.3, -0.25) is 0 Å². The quantitative estimate of drug-likeness (QED) is 0.297. The largest absolute Gasteiger partial charge is 0.108 e. The van der Waals surface area contributed by atoms with E-state index in [4.69, 9.17) is 0 Å². The molecule has 0 unspecified atom stereocenters. The third-order valence-electron chi connectivity index (χ3n) is 0.986. The molecule has 0 aromatic heterocycles. The predicted octanol–water partition coefficient (Wildman–Crippen LogP) is 2.96. The molecule has 0 amide bonds. The lowest BCUT2D eigenvalue weighted by molar-refractivity contribution is 0.861. The molecule has 0 spiro atoms. The van der Waals surface area contributed by atoms with Crippen molar-refractivity contribution >= 4 is 0 Å². The minimum atomic E-state index is 1.09. The molecule has 46 valence electrons. The van der Waals surface area contributed by atoms with Crippen LogP contribution in [0.15, 0.2) is 12.2 Å². The van der Waals surface area contributed by atoms with Gasteiger partial charge in [0, 0.05) is 0 Å². The number of hydrogen-bond donors (Lipinski definition) is 0. The molecule has 0 N–H and O–H groups in total. The second-order valence-electron chi connectivity index (χ2n) is 2.24. The van der Waals surface area contributed by atoms with Gasteiger partial charge in [0.2, 0.25) is 0 Å². The first-order valence-corrected chi connectivity index (χ1v) is 3.23. The summed E-state index contributed by atoms with van der Waals surface area (Å²) in [5, 5.41) is 0. The highest BCUT2D eigenvalue weighted by Gasteiger charge is 1.94. The molecular formula is C8H15+. The fraction of sp³-hybridized carbons (Fsp3) is 0.625. The van der Waals surface area contributed by atoms with E-state index in [2.05, 4.69) is 26.8 Å². The maximum Gasteiger partial charge on any atom is 0.108 e. The second kappa shape index (κ2) is 4.76. The molecular weight excluding hydrogens is 96.1 g/mol. The summed E-state index contributed by atoms with van der Waals surface area (Å²) >= 11 is 0. The summed E-state index contributed by atoms with van der Waals surface area (Å²) in [5.41, 5.74) is 1.26. The Hall–Kier alpha value is -0.390. The number of rotatable bonds is 4. The van der Waals surface area contributed by atoms with Gasteiger partial charge in [-0.15, -0.1) is 0 Å². The van der Waals surface area contributed by atoms with E-state index in [0.717, 1.165) is 6.42 Å². The molecule has 8 heavy (non-hydrogen) atoms. The first-order valence-electron chi connectivity index (χ1n) is 3.23. The van der Waals surface area contributed by atoms with Crippen molar-refractivity contribution in [2.24, 2.45) is 0 Å². The zero-order valence-electron chi connectivity index (χ0n) is 5.91. The Morgan fingerprint density at radius 3 is 2.62 bits per heavy atom. The van der Waals surface area contributed by atoms with Crippen molar-refractivity contribution in [3.63, 3.8) is 0 Å². The summed E-state index contributed by atoms with van der Waals surface area (Å²) in [4.78, 5) is 0. The van der Waals surface area contributed by atoms with E-state index in [1.165, 1.54) is 18.4 Å². The average Bonchev–Trinajstić information content (AvgIpc) is 1.66. The zero-order chi connectivity index (χ0) is 6.41. The van der Waals surface area contributed by atoms with Gasteiger partial charge >= 0.3 is 0 Å². The average molecular weight is 111 g/mol. The van der Waals surface area contributed by atoms with Crippen molar-refractivity contribution in [3.05, 3.63) is 18.6 Å². The van der Waals surface area contributed by atoms with E-state index < -0.39 is 0 Å². The Labute approximate surface area is 52.6 Å². The lowest BCUT2D eigenvalue weighted by Crippen LogP contribution is -1.76. The van der Waals surface area contributed by atoms with Crippen LogP contribution in [-0.4, -0.2) is 0 Å². The van der Waals surface area contributed by atoms with Crippen LogP contribution in [0.2, 0.25) is 0 Å². The summed E-state index contributed by atoms with van der Waals surface area (Å²) in [7, 11) is 0. The summed E-state index contributed by atoms with van der Waals surface area (Å²) in [6, 6.07) is 0. The van der Waals surface area contributed by atoms with Gasteiger partial charge in [0.15, 0.2) is 0 Å². The minimum absolute atomic E-state index is 1.09. The highest BCUT2D eigenvalue weighted by atomic mass is 13.9. The highest BCUT2D eigenvalue weighted by Crippen LogP contribution is 2.03. The van der Waals surface area contributed by atoms with Crippen LogP contribution in [0, 0.1) is 6.42 Å². The Balaban J connectivity index is 2.82. The molecule has 0 aromatic carbocycles. The molecule has 0 atom stereocenters. The van der Waals surface area contributed by atoms with Gasteiger partial charge in [-0.25, -0.2) is 0 Å². The Morgan fingerprint density at radius 2 is 2.25 bits per heavy atom. The summed E-state index contributed by atoms with van der Waals surface area (Å²) in [6.07, 6.45) is 5.86. The van der Waals surface area contributed by atoms with E-state index in [9.17, 15) is 0 Å². The summed E-state index contributed by atoms with van der Waals surface area (Å²) < 4.78 is 0. The summed E-state index contributed by atoms with van der Waals surface area (Å²) in [5.74, 6) is 0. The lowest BCUT2D eigenvalue weighted by atomic mass is 10.1. The van der Waals surface area contributed by atoms with Gasteiger partial charge in [-0.1, -0.05) is 13.5 Å². The van der Waals surface area contributed by atoms with Crippen molar-refractivity contribution in [2.75, 3.05) is 0 Å². The SMILES string of the molecule is C=C(C)C[CH+]CCC. The van der Waals surface area contributed by atoms with E-state index in [-0.39, 0.29) is 0 Å². The van der Waals surface area contributed by atoms with Crippen LogP contribution < -0.4 is 0 Å². The molecule has 0 saturated heterocycles. The van der Waals surface area contributed by atoms with Crippen molar-refractivity contribution in [1.82, 2.24) is 0 Å². The van der Waals surface area contributed by atoms with Crippen LogP contribution in [-0.2, 0) is 0 Å². The summed E-state index contributed by atoms with van der Waals surface area (Å²) in [6.45, 7) is 8.05. The fourth-order valence-electron chi connectivity index (χ4n) is 0.553. The molecule has 0 aliphatic rings. The molecule has 0 fully saturated rings. The van der Waals surface area contributed by atoms with Crippen LogP contribution in [0.3, 0.4) is 0 Å². The Morgan fingerprint density at radius 1 is 1.62 bits per heavy atom. The van der Waals surface area contributed by atoms with E-state index in [1.54, 1.807) is 0 Å². The molecule has 0 aliphatic carbocycles. The molecule has 0 nitrogen and oxygen atoms in total. The molecule has 0 heteroatoms. The highest BCUT2D eigenvalue weighted by molar-refractivity contribution is 4.93. The molecule has 0 radical (unpaired) electrons. The van der Waals surface area contributed by atoms with Crippen LogP contribution in [0.5, 0.6) is 0 Å². The normalized spacial score (nSPS) is 8.75. The van der Waals surface area contributed by atoms with Gasteiger partial charge in [0.1, 0.15) is 6.42 Å². The van der Waals surface area contributed by atoms with Crippen LogP contribution in [0.4, 0.5) is 0 Å². The first-order chi connectivity index (χ1) is 3.77. The van der Waals surface area contributed by atoms with Gasteiger partial charge < -0.3 is 0 Å². The first kappa shape index (κ1) is 7.61. The van der Waals surface area contributed by atoms with Gasteiger partial charge in [0.05, 0.1) is 12.8 Å². The molecule has 0 aromatic rings. The molecule has 0 heterocycles. The van der Waals surface area contributed by atoms with E-state index in [0.29, 0.717) is 0 Å². The van der Waals surface area contributed by atoms with Crippen LogP contribution in [0.25, 0.3) is 0 Å². The third kappa shape index (κ3) is 5.61. The molecule has 0 bridgehead atoms. The Bertz CT molecular complexity index is 62.4. The standard InChI is InChI=1S/C8H15/c1-4-5-6-7-8(2)3/h6H,2,4-5,7H2,1,3H3/q+1. The molecule has 0 rings (SSSR count). The van der Waals surface area contributed by atoms with Crippen LogP contribution >= 0.6 is 0 Å². The third-order valence-corrected chi connectivity index (χ3v) is 0.986. The van der Waals surface area contributed by atoms with Crippen molar-refractivity contribution in [1.29, 1.82) is 0 Å². The number of allylic oxidation sites excluding steroid dienone is 1. The molecule has 0 saturated carbocycles. The predicted molar refractivity (Wildman–Crippen MR) is 38.6 cm³/mol. The topological polar surface area (TPSA) is 0 Å². The van der Waals surface area contributed by atoms with E-state index in [1.807, 2.05) is 0 Å². The Kier molecular flexibility index (Phi) is 4.53. The molecule has 0 aliphatic heterocycles. The zero-order valence-corrected chi connectivity index (χ0v) is 5.91. The fourth-order valence-corrected chi connectivity index (χ4v) is 0.553. The van der Waals surface area contributed by atoms with Gasteiger partial charge in [-0.2, -0.15) is 0 Å². The van der Waals surface area contributed by atoms with E-state index >= 15 is 0 Å². The van der Waals surface area contributed by atoms with Gasteiger partial charge in [-0.05, 0) is 18.9 Å². The maximum absolute atomic E-state index is 3.80. The van der Waals surface area contributed by atoms with Crippen LogP contribution in [0.1, 0.15) is 33.1 Å². The lowest BCUT2D eigenvalue weighted by Gasteiger charge is -1.85. The minimum Gasteiger partial charge on any atom is -0.0959 e. The van der Waals surface area contributed by atoms with Crippen molar-refractivity contribution in [2.45, 2.75) is 33.1 Å².